The van der Waals surface area contributed by atoms with E-state index in [0.29, 0.717) is 0 Å². The van der Waals surface area contributed by atoms with Crippen LogP contribution in [-0.4, -0.2) is 25.0 Å². The smallest absolute Gasteiger partial charge is 0.137 e. The lowest BCUT2D eigenvalue weighted by molar-refractivity contribution is 0.667. The first-order valence-electron chi connectivity index (χ1n) is 20.4. The van der Waals surface area contributed by atoms with Gasteiger partial charge in [-0.15, -0.1) is 16.4 Å². The minimum absolute atomic E-state index is 0.733. The average Bonchev–Trinajstić information content (AvgIpc) is 4.13. The van der Waals surface area contributed by atoms with E-state index >= 15 is 0 Å². The number of rotatable bonds is 6. The van der Waals surface area contributed by atoms with Crippen molar-refractivity contribution in [3.8, 4) is 50.2 Å². The average molecular weight is 805 g/mol. The molecule has 0 amide bonds. The Hall–Kier alpha value is -6.96. The summed E-state index contributed by atoms with van der Waals surface area (Å²) in [7, 11) is 0. The van der Waals surface area contributed by atoms with E-state index in [9.17, 15) is 0 Å². The Morgan fingerprint density at radius 2 is 0.869 bits per heavy atom. The van der Waals surface area contributed by atoms with E-state index in [2.05, 4.69) is 177 Å². The van der Waals surface area contributed by atoms with Gasteiger partial charge in [-0.25, -0.2) is 14.6 Å². The Balaban J connectivity index is 1.20. The molecular formula is C54H38N5OS. The van der Waals surface area contributed by atoms with E-state index in [-0.39, 0.29) is 0 Å². The van der Waals surface area contributed by atoms with Crippen LogP contribution in [-0.2, 0) is 0 Å². The highest BCUT2D eigenvalue weighted by Gasteiger charge is 2.23. The first-order valence-corrected chi connectivity index (χ1v) is 21.2. The van der Waals surface area contributed by atoms with Crippen LogP contribution in [0.1, 0.15) is 45.2 Å². The predicted molar refractivity (Wildman–Crippen MR) is 251 cm³/mol. The topological polar surface area (TPSA) is 69.6 Å². The highest BCUT2D eigenvalue weighted by Crippen LogP contribution is 2.42. The molecule has 6 nitrogen and oxygen atoms in total. The van der Waals surface area contributed by atoms with Crippen LogP contribution in [0.4, 0.5) is 0 Å². The third kappa shape index (κ3) is 6.95. The molecule has 4 aromatic heterocycles. The van der Waals surface area contributed by atoms with Gasteiger partial charge in [0.05, 0.1) is 51.5 Å². The number of nitrogens with zero attached hydrogens (tertiary/aromatic N) is 5. The Kier molecular flexibility index (Phi) is 9.27. The zero-order valence-corrected chi connectivity index (χ0v) is 34.6. The Labute approximate surface area is 359 Å². The SMILES string of the molecule is Cc1ccc(-c2c3nc(c(-c4ccc(C)cc4)c4ccc(s4)c(-c4ccc(-n5cc([C]6[CH][CH][CH][CH]6)nn5)cc4)c4nc(c(-c5ccc(C)cc5)c5ccc2o5)C=C4)C=C3)cc1. The van der Waals surface area contributed by atoms with Crippen LogP contribution in [0.3, 0.4) is 0 Å². The fourth-order valence-electron chi connectivity index (χ4n) is 8.17. The van der Waals surface area contributed by atoms with Crippen LogP contribution in [0.15, 0.2) is 132 Å². The van der Waals surface area contributed by atoms with Crippen molar-refractivity contribution in [2.45, 2.75) is 20.8 Å². The number of hydrogen-bond acceptors (Lipinski definition) is 6. The summed E-state index contributed by atoms with van der Waals surface area (Å²) in [5.74, 6) is 1.04. The van der Waals surface area contributed by atoms with Crippen molar-refractivity contribution < 1.29 is 4.42 Å². The highest BCUT2D eigenvalue weighted by atomic mass is 32.1. The first kappa shape index (κ1) is 37.1. The van der Waals surface area contributed by atoms with Gasteiger partial charge in [-0.3, -0.25) is 0 Å². The number of hydrogen-bond donors (Lipinski definition) is 0. The quantitative estimate of drug-likeness (QED) is 0.167. The van der Waals surface area contributed by atoms with Crippen LogP contribution in [0.2, 0.25) is 0 Å². The van der Waals surface area contributed by atoms with Gasteiger partial charge < -0.3 is 4.42 Å². The monoisotopic (exact) mass is 804 g/mol. The normalized spacial score (nSPS) is 13.7. The van der Waals surface area contributed by atoms with Crippen LogP contribution in [0, 0.1) is 52.4 Å². The highest BCUT2D eigenvalue weighted by molar-refractivity contribution is 7.24. The van der Waals surface area contributed by atoms with Crippen LogP contribution in [0.25, 0.3) is 95.1 Å². The van der Waals surface area contributed by atoms with Crippen molar-refractivity contribution in [1.82, 2.24) is 25.0 Å². The molecule has 11 rings (SSSR count). The van der Waals surface area contributed by atoms with E-state index in [1.807, 2.05) is 36.6 Å². The third-order valence-electron chi connectivity index (χ3n) is 11.4. The van der Waals surface area contributed by atoms with E-state index < -0.39 is 0 Å². The van der Waals surface area contributed by atoms with Gasteiger partial charge in [-0.2, -0.15) is 0 Å². The van der Waals surface area contributed by atoms with E-state index in [4.69, 9.17) is 14.4 Å². The van der Waals surface area contributed by atoms with Gasteiger partial charge >= 0.3 is 0 Å². The Bertz CT molecular complexity index is 3150. The number of aromatic nitrogens is 5. The van der Waals surface area contributed by atoms with Gasteiger partial charge in [-0.1, -0.05) is 107 Å². The molecule has 6 heterocycles. The molecule has 1 fully saturated rings. The molecule has 3 aliphatic rings. The van der Waals surface area contributed by atoms with E-state index in [0.717, 1.165) is 105 Å². The molecule has 61 heavy (non-hydrogen) atoms. The molecule has 1 aliphatic carbocycles. The molecule has 8 bridgehead atoms. The number of fused-ring (bicyclic) bond motifs is 8. The standard InChI is InChI=1S/C54H38N5OS/c1-33-8-14-37(15-9-33)51-42-24-26-44(55-42)53(39-18-12-35(3)13-19-39)49-30-31-50(61-49)54(40-20-22-41(23-21-40)59-32-46(57-58-59)36-6-4-5-7-36)45-27-25-43(56-45)52(48-29-28-47(51)60-48)38-16-10-34(2)11-17-38/h4-32H,1-3H3. The zero-order valence-electron chi connectivity index (χ0n) is 33.8. The fraction of sp³-hybridized carbons (Fsp3) is 0.0556. The molecular weight excluding hydrogens is 767 g/mol. The second-order valence-electron chi connectivity index (χ2n) is 15.6. The summed E-state index contributed by atoms with van der Waals surface area (Å²) in [6.45, 7) is 6.34. The van der Waals surface area contributed by atoms with Crippen molar-refractivity contribution in [2.24, 2.45) is 0 Å². The summed E-state index contributed by atoms with van der Waals surface area (Å²) in [6.07, 6.45) is 18.6. The molecule has 1 saturated carbocycles. The summed E-state index contributed by atoms with van der Waals surface area (Å²) in [5.41, 5.74) is 18.4. The molecule has 0 saturated heterocycles. The van der Waals surface area contributed by atoms with Gasteiger partial charge in [0.1, 0.15) is 11.2 Å². The Morgan fingerprint density at radius 3 is 1.33 bits per heavy atom. The fourth-order valence-corrected chi connectivity index (χ4v) is 9.33. The minimum atomic E-state index is 0.733. The number of furan rings is 1. The summed E-state index contributed by atoms with van der Waals surface area (Å²) in [6, 6.07) is 43.0. The van der Waals surface area contributed by atoms with Crippen molar-refractivity contribution in [3.05, 3.63) is 204 Å². The second-order valence-corrected chi connectivity index (χ2v) is 16.7. The molecule has 0 unspecified atom stereocenters. The van der Waals surface area contributed by atoms with Crippen LogP contribution < -0.4 is 0 Å². The maximum atomic E-state index is 6.98. The zero-order chi connectivity index (χ0) is 41.0. The van der Waals surface area contributed by atoms with Crippen molar-refractivity contribution >= 4 is 56.2 Å². The maximum Gasteiger partial charge on any atom is 0.137 e. The lowest BCUT2D eigenvalue weighted by atomic mass is 10.0. The van der Waals surface area contributed by atoms with Gasteiger partial charge in [-0.05, 0) is 129 Å². The van der Waals surface area contributed by atoms with E-state index in [1.165, 1.54) is 16.7 Å². The summed E-state index contributed by atoms with van der Waals surface area (Å²) in [4.78, 5) is 10.9. The summed E-state index contributed by atoms with van der Waals surface area (Å²) >= 11 is 1.76. The lowest BCUT2D eigenvalue weighted by Gasteiger charge is -2.07. The molecule has 0 N–H and O–H groups in total. The molecule has 2 aliphatic heterocycles. The van der Waals surface area contributed by atoms with Crippen LogP contribution >= 0.6 is 11.3 Å². The van der Waals surface area contributed by atoms with Crippen LogP contribution in [0.5, 0.6) is 0 Å². The number of aryl methyl sites for hydroxylation is 3. The lowest BCUT2D eigenvalue weighted by Crippen LogP contribution is -1.95. The van der Waals surface area contributed by atoms with E-state index in [1.54, 1.807) is 11.3 Å². The molecule has 0 spiro atoms. The van der Waals surface area contributed by atoms with Crippen molar-refractivity contribution in [2.75, 3.05) is 0 Å². The maximum absolute atomic E-state index is 6.98. The molecule has 0 atom stereocenters. The largest absolute Gasteiger partial charge is 0.456 e. The second kappa shape index (κ2) is 15.3. The summed E-state index contributed by atoms with van der Waals surface area (Å²) in [5, 5.41) is 8.90. The molecule has 4 aromatic carbocycles. The number of thiophene rings is 1. The Morgan fingerprint density at radius 1 is 0.459 bits per heavy atom. The van der Waals surface area contributed by atoms with Crippen molar-refractivity contribution in [1.29, 1.82) is 0 Å². The first-order chi connectivity index (χ1) is 29.9. The molecule has 7 heteroatoms. The third-order valence-corrected chi connectivity index (χ3v) is 12.5. The van der Waals surface area contributed by atoms with Gasteiger partial charge in [0.25, 0.3) is 0 Å². The molecule has 291 valence electrons. The molecule has 5 radical (unpaired) electrons. The van der Waals surface area contributed by atoms with Gasteiger partial charge in [0, 0.05) is 26.4 Å². The number of benzene rings is 4. The minimum Gasteiger partial charge on any atom is -0.456 e. The van der Waals surface area contributed by atoms with Gasteiger partial charge in [0.2, 0.25) is 0 Å². The van der Waals surface area contributed by atoms with Crippen molar-refractivity contribution in [3.63, 3.8) is 0 Å². The summed E-state index contributed by atoms with van der Waals surface area (Å²) < 4.78 is 11.0. The van der Waals surface area contributed by atoms with Gasteiger partial charge in [0.15, 0.2) is 0 Å². The predicted octanol–water partition coefficient (Wildman–Crippen LogP) is 13.6. The molecule has 8 aromatic rings.